The molecule has 116 valence electrons. The number of amides is 1. The molecule has 1 unspecified atom stereocenters. The molecule has 0 bridgehead atoms. The summed E-state index contributed by atoms with van der Waals surface area (Å²) in [5, 5.41) is 6.46. The summed E-state index contributed by atoms with van der Waals surface area (Å²) in [7, 11) is 0. The van der Waals surface area contributed by atoms with Gasteiger partial charge < -0.3 is 15.1 Å². The lowest BCUT2D eigenvalue weighted by molar-refractivity contribution is 0.0925. The molecule has 0 radical (unpaired) electrons. The number of rotatable bonds is 3. The standard InChI is InChI=1S/C16H25N3O2/c20-15(18-12-7-4-2-1-3-5-8-12)14-11-21-16(19-14)13-9-6-10-17-13/h11-13,17H,1-10H2,(H,18,20). The van der Waals surface area contributed by atoms with Gasteiger partial charge in [-0.05, 0) is 32.2 Å². The van der Waals surface area contributed by atoms with Crippen molar-refractivity contribution in [2.24, 2.45) is 0 Å². The summed E-state index contributed by atoms with van der Waals surface area (Å²) < 4.78 is 5.47. The third kappa shape index (κ3) is 3.84. The maximum Gasteiger partial charge on any atom is 0.273 e. The molecule has 1 aromatic rings. The molecule has 0 aromatic carbocycles. The van der Waals surface area contributed by atoms with Gasteiger partial charge in [-0.15, -0.1) is 0 Å². The van der Waals surface area contributed by atoms with Crippen LogP contribution in [0, 0.1) is 0 Å². The van der Waals surface area contributed by atoms with E-state index in [-0.39, 0.29) is 11.9 Å². The van der Waals surface area contributed by atoms with Crippen LogP contribution >= 0.6 is 0 Å². The van der Waals surface area contributed by atoms with Crippen LogP contribution in [-0.2, 0) is 0 Å². The summed E-state index contributed by atoms with van der Waals surface area (Å²) in [6.07, 6.45) is 12.2. The van der Waals surface area contributed by atoms with Gasteiger partial charge in [-0.1, -0.05) is 32.1 Å². The minimum absolute atomic E-state index is 0.0893. The first-order valence-electron chi connectivity index (χ1n) is 8.32. The zero-order valence-corrected chi connectivity index (χ0v) is 12.6. The molecule has 1 atom stereocenters. The van der Waals surface area contributed by atoms with Gasteiger partial charge >= 0.3 is 0 Å². The lowest BCUT2D eigenvalue weighted by atomic mass is 9.97. The van der Waals surface area contributed by atoms with E-state index < -0.39 is 0 Å². The van der Waals surface area contributed by atoms with E-state index in [1.165, 1.54) is 38.4 Å². The van der Waals surface area contributed by atoms with Gasteiger partial charge in [-0.2, -0.15) is 0 Å². The van der Waals surface area contributed by atoms with Crippen molar-refractivity contribution in [1.82, 2.24) is 15.6 Å². The number of aromatic nitrogens is 1. The highest BCUT2D eigenvalue weighted by Crippen LogP contribution is 2.22. The molecule has 2 heterocycles. The maximum absolute atomic E-state index is 12.3. The summed E-state index contributed by atoms with van der Waals surface area (Å²) in [5.41, 5.74) is 0.417. The summed E-state index contributed by atoms with van der Waals surface area (Å²) in [4.78, 5) is 16.6. The number of carbonyl (C=O) groups is 1. The van der Waals surface area contributed by atoms with Crippen molar-refractivity contribution in [2.75, 3.05) is 6.54 Å². The predicted molar refractivity (Wildman–Crippen MR) is 80.1 cm³/mol. The van der Waals surface area contributed by atoms with Crippen LogP contribution in [0.15, 0.2) is 10.7 Å². The van der Waals surface area contributed by atoms with Crippen LogP contribution in [0.4, 0.5) is 0 Å². The third-order valence-corrected chi connectivity index (χ3v) is 4.55. The Labute approximate surface area is 125 Å². The van der Waals surface area contributed by atoms with Crippen LogP contribution in [0.1, 0.15) is 80.2 Å². The van der Waals surface area contributed by atoms with E-state index in [2.05, 4.69) is 15.6 Å². The highest BCUT2D eigenvalue weighted by atomic mass is 16.3. The second kappa shape index (κ2) is 7.07. The zero-order chi connectivity index (χ0) is 14.5. The molecule has 5 heteroatoms. The molecule has 3 rings (SSSR count). The SMILES string of the molecule is O=C(NC1CCCCCCC1)c1coc(C2CCCN2)n1. The van der Waals surface area contributed by atoms with E-state index in [0.29, 0.717) is 17.6 Å². The highest BCUT2D eigenvalue weighted by Gasteiger charge is 2.23. The van der Waals surface area contributed by atoms with Gasteiger partial charge in [0.15, 0.2) is 5.69 Å². The van der Waals surface area contributed by atoms with Crippen LogP contribution in [0.3, 0.4) is 0 Å². The van der Waals surface area contributed by atoms with Crippen LogP contribution in [0.5, 0.6) is 0 Å². The van der Waals surface area contributed by atoms with Gasteiger partial charge in [0.2, 0.25) is 5.89 Å². The number of nitrogens with zero attached hydrogens (tertiary/aromatic N) is 1. The van der Waals surface area contributed by atoms with Crippen LogP contribution < -0.4 is 10.6 Å². The predicted octanol–water partition coefficient (Wildman–Crippen LogP) is 2.94. The monoisotopic (exact) mass is 291 g/mol. The lowest BCUT2D eigenvalue weighted by Gasteiger charge is -2.20. The van der Waals surface area contributed by atoms with E-state index in [4.69, 9.17) is 4.42 Å². The van der Waals surface area contributed by atoms with Crippen molar-refractivity contribution in [1.29, 1.82) is 0 Å². The maximum atomic E-state index is 12.3. The number of hydrogen-bond acceptors (Lipinski definition) is 4. The Morgan fingerprint density at radius 1 is 1.14 bits per heavy atom. The minimum Gasteiger partial charge on any atom is -0.446 e. The first kappa shape index (κ1) is 14.6. The molecule has 1 saturated carbocycles. The fourth-order valence-corrected chi connectivity index (χ4v) is 3.31. The van der Waals surface area contributed by atoms with Gasteiger partial charge in [-0.3, -0.25) is 4.79 Å². The minimum atomic E-state index is -0.0893. The van der Waals surface area contributed by atoms with Crippen molar-refractivity contribution in [2.45, 2.75) is 69.9 Å². The second-order valence-corrected chi connectivity index (χ2v) is 6.24. The molecule has 2 N–H and O–H groups in total. The van der Waals surface area contributed by atoms with Crippen molar-refractivity contribution in [3.05, 3.63) is 17.8 Å². The Balaban J connectivity index is 1.56. The fraction of sp³-hybridized carbons (Fsp3) is 0.750. The molecule has 21 heavy (non-hydrogen) atoms. The molecule has 1 amide bonds. The lowest BCUT2D eigenvalue weighted by Crippen LogP contribution is -2.35. The molecule has 2 fully saturated rings. The zero-order valence-electron chi connectivity index (χ0n) is 12.6. The van der Waals surface area contributed by atoms with Crippen molar-refractivity contribution in [3.63, 3.8) is 0 Å². The van der Waals surface area contributed by atoms with E-state index in [0.717, 1.165) is 32.2 Å². The quantitative estimate of drug-likeness (QED) is 0.898. The molecule has 0 spiro atoms. The molecule has 1 aromatic heterocycles. The average Bonchev–Trinajstić information content (AvgIpc) is 3.10. The van der Waals surface area contributed by atoms with Crippen molar-refractivity contribution >= 4 is 5.91 Å². The van der Waals surface area contributed by atoms with Gasteiger partial charge in [0, 0.05) is 6.04 Å². The van der Waals surface area contributed by atoms with Gasteiger partial charge in [0.1, 0.15) is 6.26 Å². The Hall–Kier alpha value is -1.36. The smallest absolute Gasteiger partial charge is 0.273 e. The van der Waals surface area contributed by atoms with Gasteiger partial charge in [0.05, 0.1) is 6.04 Å². The molecule has 2 aliphatic rings. The molecule has 1 aliphatic heterocycles. The summed E-state index contributed by atoms with van der Waals surface area (Å²) in [5.74, 6) is 0.559. The van der Waals surface area contributed by atoms with E-state index in [1.807, 2.05) is 0 Å². The number of oxazole rings is 1. The number of nitrogens with one attached hydrogen (secondary N) is 2. The van der Waals surface area contributed by atoms with Gasteiger partial charge in [0.25, 0.3) is 5.91 Å². The van der Waals surface area contributed by atoms with Gasteiger partial charge in [-0.25, -0.2) is 4.98 Å². The molecule has 1 aliphatic carbocycles. The normalized spacial score (nSPS) is 24.5. The van der Waals surface area contributed by atoms with E-state index in [9.17, 15) is 4.79 Å². The Bertz CT molecular complexity index is 458. The summed E-state index contributed by atoms with van der Waals surface area (Å²) in [6, 6.07) is 0.468. The Morgan fingerprint density at radius 3 is 2.62 bits per heavy atom. The third-order valence-electron chi connectivity index (χ3n) is 4.55. The molecular formula is C16H25N3O2. The molecule has 5 nitrogen and oxygen atoms in total. The Kier molecular flexibility index (Phi) is 4.91. The summed E-state index contributed by atoms with van der Waals surface area (Å²) in [6.45, 7) is 0.997. The first-order chi connectivity index (χ1) is 10.3. The van der Waals surface area contributed by atoms with Crippen LogP contribution in [0.2, 0.25) is 0 Å². The molecular weight excluding hydrogens is 266 g/mol. The number of hydrogen-bond donors (Lipinski definition) is 2. The number of carbonyl (C=O) groups excluding carboxylic acids is 1. The Morgan fingerprint density at radius 2 is 1.90 bits per heavy atom. The topological polar surface area (TPSA) is 67.2 Å². The van der Waals surface area contributed by atoms with Crippen molar-refractivity contribution in [3.8, 4) is 0 Å². The molecule has 1 saturated heterocycles. The van der Waals surface area contributed by atoms with E-state index in [1.54, 1.807) is 0 Å². The summed E-state index contributed by atoms with van der Waals surface area (Å²) >= 11 is 0. The largest absolute Gasteiger partial charge is 0.446 e. The average molecular weight is 291 g/mol. The van der Waals surface area contributed by atoms with Crippen molar-refractivity contribution < 1.29 is 9.21 Å². The fourth-order valence-electron chi connectivity index (χ4n) is 3.31. The second-order valence-electron chi connectivity index (χ2n) is 6.24. The van der Waals surface area contributed by atoms with Crippen LogP contribution in [-0.4, -0.2) is 23.5 Å². The highest BCUT2D eigenvalue weighted by molar-refractivity contribution is 5.92. The first-order valence-corrected chi connectivity index (χ1v) is 8.32. The van der Waals surface area contributed by atoms with Crippen LogP contribution in [0.25, 0.3) is 0 Å². The van der Waals surface area contributed by atoms with E-state index >= 15 is 0 Å².